The predicted octanol–water partition coefficient (Wildman–Crippen LogP) is 1.48. The lowest BCUT2D eigenvalue weighted by molar-refractivity contribution is -0.123. The number of benzene rings is 1. The molecule has 100 valence electrons. The van der Waals surface area contributed by atoms with Gasteiger partial charge in [-0.1, -0.05) is 26.0 Å². The Morgan fingerprint density at radius 1 is 1.33 bits per heavy atom. The van der Waals surface area contributed by atoms with Crippen molar-refractivity contribution in [2.45, 2.75) is 32.7 Å². The first-order valence-corrected chi connectivity index (χ1v) is 6.40. The second-order valence-electron chi connectivity index (χ2n) is 4.19. The summed E-state index contributed by atoms with van der Waals surface area (Å²) in [5, 5.41) is 2.82. The fourth-order valence-electron chi connectivity index (χ4n) is 1.57. The van der Waals surface area contributed by atoms with Gasteiger partial charge in [0.15, 0.2) is 6.61 Å². The normalized spacial score (nSPS) is 11.9. The zero-order valence-corrected chi connectivity index (χ0v) is 11.1. The van der Waals surface area contributed by atoms with E-state index in [1.807, 2.05) is 31.2 Å². The zero-order valence-electron chi connectivity index (χ0n) is 11.1. The molecular formula is C14H22N2O2. The van der Waals surface area contributed by atoms with E-state index in [0.717, 1.165) is 12.8 Å². The summed E-state index contributed by atoms with van der Waals surface area (Å²) in [6, 6.07) is 7.80. The molecule has 0 aliphatic heterocycles. The first-order valence-electron chi connectivity index (χ1n) is 6.40. The molecule has 4 nitrogen and oxygen atoms in total. The van der Waals surface area contributed by atoms with Gasteiger partial charge in [-0.15, -0.1) is 0 Å². The molecule has 0 aromatic heterocycles. The topological polar surface area (TPSA) is 64.3 Å². The van der Waals surface area contributed by atoms with Gasteiger partial charge < -0.3 is 15.8 Å². The minimum Gasteiger partial charge on any atom is -0.484 e. The SMILES string of the molecule is CCc1ccc(OCC(=O)NC(CC)CN)cc1. The van der Waals surface area contributed by atoms with Crippen LogP contribution in [0.1, 0.15) is 25.8 Å². The van der Waals surface area contributed by atoms with Gasteiger partial charge in [0.25, 0.3) is 5.91 Å². The lowest BCUT2D eigenvalue weighted by Gasteiger charge is -2.14. The smallest absolute Gasteiger partial charge is 0.258 e. The number of carbonyl (C=O) groups excluding carboxylic acids is 1. The van der Waals surface area contributed by atoms with E-state index in [4.69, 9.17) is 10.5 Å². The predicted molar refractivity (Wildman–Crippen MR) is 72.6 cm³/mol. The number of carbonyl (C=O) groups is 1. The molecule has 4 heteroatoms. The van der Waals surface area contributed by atoms with Crippen LogP contribution in [0.4, 0.5) is 0 Å². The fraction of sp³-hybridized carbons (Fsp3) is 0.500. The highest BCUT2D eigenvalue weighted by molar-refractivity contribution is 5.77. The summed E-state index contributed by atoms with van der Waals surface area (Å²) in [5.74, 6) is 0.579. The number of amides is 1. The number of nitrogens with two attached hydrogens (primary N) is 1. The van der Waals surface area contributed by atoms with E-state index in [-0.39, 0.29) is 18.6 Å². The van der Waals surface area contributed by atoms with Crippen molar-refractivity contribution in [2.24, 2.45) is 5.73 Å². The Kier molecular flexibility index (Phi) is 6.22. The van der Waals surface area contributed by atoms with E-state index in [1.165, 1.54) is 5.56 Å². The molecule has 0 saturated heterocycles. The Bertz CT molecular complexity index is 359. The molecule has 1 unspecified atom stereocenters. The summed E-state index contributed by atoms with van der Waals surface area (Å²) in [6.07, 6.45) is 1.82. The van der Waals surface area contributed by atoms with Crippen LogP contribution in [0.15, 0.2) is 24.3 Å². The van der Waals surface area contributed by atoms with Gasteiger partial charge in [-0.25, -0.2) is 0 Å². The first-order chi connectivity index (χ1) is 8.69. The first kappa shape index (κ1) is 14.5. The Morgan fingerprint density at radius 2 is 2.00 bits per heavy atom. The van der Waals surface area contributed by atoms with Gasteiger partial charge in [0.2, 0.25) is 0 Å². The molecule has 1 amide bonds. The molecule has 0 spiro atoms. The van der Waals surface area contributed by atoms with Crippen molar-refractivity contribution in [1.29, 1.82) is 0 Å². The summed E-state index contributed by atoms with van der Waals surface area (Å²) < 4.78 is 5.40. The Labute approximate surface area is 109 Å². The van der Waals surface area contributed by atoms with Crippen molar-refractivity contribution in [2.75, 3.05) is 13.2 Å². The van der Waals surface area contributed by atoms with Gasteiger partial charge in [0, 0.05) is 12.6 Å². The van der Waals surface area contributed by atoms with Crippen LogP contribution in [0.5, 0.6) is 5.75 Å². The molecule has 0 saturated carbocycles. The Morgan fingerprint density at radius 3 is 2.50 bits per heavy atom. The van der Waals surface area contributed by atoms with Crippen molar-refractivity contribution < 1.29 is 9.53 Å². The highest BCUT2D eigenvalue weighted by Crippen LogP contribution is 2.12. The van der Waals surface area contributed by atoms with Crippen LogP contribution in [-0.4, -0.2) is 25.1 Å². The molecule has 0 aliphatic carbocycles. The largest absolute Gasteiger partial charge is 0.484 e. The van der Waals surface area contributed by atoms with E-state index in [1.54, 1.807) is 0 Å². The zero-order chi connectivity index (χ0) is 13.4. The molecule has 0 fully saturated rings. The highest BCUT2D eigenvalue weighted by Gasteiger charge is 2.08. The summed E-state index contributed by atoms with van der Waals surface area (Å²) >= 11 is 0. The van der Waals surface area contributed by atoms with E-state index >= 15 is 0 Å². The van der Waals surface area contributed by atoms with Crippen LogP contribution < -0.4 is 15.8 Å². The fourth-order valence-corrected chi connectivity index (χ4v) is 1.57. The van der Waals surface area contributed by atoms with Crippen LogP contribution in [0.2, 0.25) is 0 Å². The van der Waals surface area contributed by atoms with Crippen molar-refractivity contribution >= 4 is 5.91 Å². The minimum atomic E-state index is -0.133. The third kappa shape index (κ3) is 4.75. The number of ether oxygens (including phenoxy) is 1. The molecule has 0 radical (unpaired) electrons. The van der Waals surface area contributed by atoms with Crippen LogP contribution in [0, 0.1) is 0 Å². The van der Waals surface area contributed by atoms with Crippen molar-refractivity contribution in [3.05, 3.63) is 29.8 Å². The molecule has 3 N–H and O–H groups in total. The second-order valence-corrected chi connectivity index (χ2v) is 4.19. The third-order valence-corrected chi connectivity index (χ3v) is 2.84. The Balaban J connectivity index is 2.37. The lowest BCUT2D eigenvalue weighted by Crippen LogP contribution is -2.41. The standard InChI is InChI=1S/C14H22N2O2/c1-3-11-5-7-13(8-6-11)18-10-14(17)16-12(4-2)9-15/h5-8,12H,3-4,9-10,15H2,1-2H3,(H,16,17). The molecule has 1 rings (SSSR count). The average molecular weight is 250 g/mol. The van der Waals surface area contributed by atoms with Crippen LogP contribution in [0.25, 0.3) is 0 Å². The van der Waals surface area contributed by atoms with Crippen molar-refractivity contribution in [1.82, 2.24) is 5.32 Å². The van der Waals surface area contributed by atoms with Gasteiger partial charge >= 0.3 is 0 Å². The molecule has 18 heavy (non-hydrogen) atoms. The van der Waals surface area contributed by atoms with Gasteiger partial charge in [-0.05, 0) is 30.5 Å². The maximum atomic E-state index is 11.6. The number of hydrogen-bond acceptors (Lipinski definition) is 3. The third-order valence-electron chi connectivity index (χ3n) is 2.84. The molecule has 1 aromatic carbocycles. The van der Waals surface area contributed by atoms with Gasteiger partial charge in [0.05, 0.1) is 0 Å². The average Bonchev–Trinajstić information content (AvgIpc) is 2.43. The second kappa shape index (κ2) is 7.71. The molecule has 0 heterocycles. The molecular weight excluding hydrogens is 228 g/mol. The molecule has 1 aromatic rings. The van der Waals surface area contributed by atoms with Crippen LogP contribution in [0.3, 0.4) is 0 Å². The van der Waals surface area contributed by atoms with Crippen molar-refractivity contribution in [3.8, 4) is 5.75 Å². The van der Waals surface area contributed by atoms with E-state index in [0.29, 0.717) is 12.3 Å². The van der Waals surface area contributed by atoms with Crippen LogP contribution in [-0.2, 0) is 11.2 Å². The van der Waals surface area contributed by atoms with Gasteiger partial charge in [0.1, 0.15) is 5.75 Å². The van der Waals surface area contributed by atoms with E-state index < -0.39 is 0 Å². The molecule has 0 bridgehead atoms. The lowest BCUT2D eigenvalue weighted by atomic mass is 10.2. The quantitative estimate of drug-likeness (QED) is 0.770. The number of nitrogens with one attached hydrogen (secondary N) is 1. The van der Waals surface area contributed by atoms with E-state index in [9.17, 15) is 4.79 Å². The van der Waals surface area contributed by atoms with E-state index in [2.05, 4.69) is 12.2 Å². The Hall–Kier alpha value is -1.55. The molecule has 0 aliphatic rings. The number of aryl methyl sites for hydroxylation is 1. The monoisotopic (exact) mass is 250 g/mol. The van der Waals surface area contributed by atoms with Crippen molar-refractivity contribution in [3.63, 3.8) is 0 Å². The maximum Gasteiger partial charge on any atom is 0.258 e. The van der Waals surface area contributed by atoms with Gasteiger partial charge in [-0.2, -0.15) is 0 Å². The highest BCUT2D eigenvalue weighted by atomic mass is 16.5. The number of hydrogen-bond donors (Lipinski definition) is 2. The molecule has 1 atom stereocenters. The maximum absolute atomic E-state index is 11.6. The summed E-state index contributed by atoms with van der Waals surface area (Å²) in [5.41, 5.74) is 6.77. The van der Waals surface area contributed by atoms with Crippen LogP contribution >= 0.6 is 0 Å². The summed E-state index contributed by atoms with van der Waals surface area (Å²) in [7, 11) is 0. The number of rotatable bonds is 7. The summed E-state index contributed by atoms with van der Waals surface area (Å²) in [4.78, 5) is 11.6. The summed E-state index contributed by atoms with van der Waals surface area (Å²) in [6.45, 7) is 4.57. The van der Waals surface area contributed by atoms with Gasteiger partial charge in [-0.3, -0.25) is 4.79 Å². The minimum absolute atomic E-state index is 0.0297.